The normalized spacial score (nSPS) is 10.6. The number of nitrogen functional groups attached to an aromatic ring is 1. The van der Waals surface area contributed by atoms with Crippen molar-refractivity contribution >= 4 is 23.3 Å². The Labute approximate surface area is 217 Å². The molecule has 0 unspecified atom stereocenters. The fraction of sp³-hybridized carbons (Fsp3) is 0.129. The van der Waals surface area contributed by atoms with Gasteiger partial charge in [-0.05, 0) is 27.8 Å². The van der Waals surface area contributed by atoms with E-state index in [2.05, 4.69) is 11.4 Å². The number of carbonyl (C=O) groups is 2. The summed E-state index contributed by atoms with van der Waals surface area (Å²) in [5.41, 5.74) is 13.5. The Balaban J connectivity index is 1.93. The Hall–Kier alpha value is -4.71. The molecular formula is C31H30N4O2. The monoisotopic (exact) mass is 490 g/mol. The first kappa shape index (κ1) is 25.4. The first-order chi connectivity index (χ1) is 17.7. The number of likely N-dealkylation sites (N-methyl/N-ethyl adjacent to an activating group) is 1. The van der Waals surface area contributed by atoms with E-state index in [1.54, 1.807) is 19.0 Å². The maximum absolute atomic E-state index is 12.4. The number of rotatable bonds is 7. The van der Waals surface area contributed by atoms with Crippen molar-refractivity contribution in [1.29, 1.82) is 5.41 Å². The molecule has 0 atom stereocenters. The average molecular weight is 491 g/mol. The molecule has 0 fully saturated rings. The number of benzene rings is 4. The molecule has 6 heteroatoms. The molecule has 0 saturated carbocycles. The third-order valence-electron chi connectivity index (χ3n) is 6.19. The van der Waals surface area contributed by atoms with E-state index in [9.17, 15) is 9.59 Å². The van der Waals surface area contributed by atoms with Gasteiger partial charge in [-0.3, -0.25) is 15.0 Å². The van der Waals surface area contributed by atoms with Crippen LogP contribution in [0.1, 0.15) is 18.1 Å². The summed E-state index contributed by atoms with van der Waals surface area (Å²) in [4.78, 5) is 26.2. The lowest BCUT2D eigenvalue weighted by molar-refractivity contribution is -0.128. The molecule has 0 aliphatic heterocycles. The van der Waals surface area contributed by atoms with Crippen LogP contribution >= 0.6 is 0 Å². The van der Waals surface area contributed by atoms with Crippen LogP contribution in [0.3, 0.4) is 0 Å². The van der Waals surface area contributed by atoms with Crippen LogP contribution < -0.4 is 11.1 Å². The fourth-order valence-corrected chi connectivity index (χ4v) is 4.26. The number of amidine groups is 1. The van der Waals surface area contributed by atoms with Gasteiger partial charge in [0.25, 0.3) is 0 Å². The summed E-state index contributed by atoms with van der Waals surface area (Å²) >= 11 is 0. The van der Waals surface area contributed by atoms with Crippen molar-refractivity contribution in [3.05, 3.63) is 102 Å². The zero-order valence-electron chi connectivity index (χ0n) is 21.2. The maximum atomic E-state index is 12.4. The Bertz CT molecular complexity index is 1440. The second-order valence-electron chi connectivity index (χ2n) is 9.11. The van der Waals surface area contributed by atoms with E-state index in [1.807, 2.05) is 84.9 Å². The van der Waals surface area contributed by atoms with Gasteiger partial charge in [0.05, 0.1) is 12.1 Å². The van der Waals surface area contributed by atoms with E-state index in [1.165, 1.54) is 6.92 Å². The smallest absolute Gasteiger partial charge is 0.226 e. The minimum atomic E-state index is -0.171. The molecule has 0 radical (unpaired) electrons. The van der Waals surface area contributed by atoms with Gasteiger partial charge in [0, 0.05) is 37.7 Å². The van der Waals surface area contributed by atoms with Crippen LogP contribution in [0, 0.1) is 5.41 Å². The van der Waals surface area contributed by atoms with Gasteiger partial charge in [-0.15, -0.1) is 0 Å². The summed E-state index contributed by atoms with van der Waals surface area (Å²) in [6, 6.07) is 29.4. The molecule has 0 aromatic heterocycles. The van der Waals surface area contributed by atoms with Crippen LogP contribution in [0.4, 0.5) is 5.69 Å². The van der Waals surface area contributed by atoms with Gasteiger partial charge in [-0.2, -0.15) is 0 Å². The molecule has 4 aromatic rings. The average Bonchev–Trinajstić information content (AvgIpc) is 2.89. The number of hydrogen-bond acceptors (Lipinski definition) is 3. The minimum Gasteiger partial charge on any atom is -0.384 e. The van der Waals surface area contributed by atoms with Crippen LogP contribution in [0.15, 0.2) is 91.0 Å². The number of nitrogens with two attached hydrogens (primary N) is 1. The van der Waals surface area contributed by atoms with Crippen molar-refractivity contribution in [1.82, 2.24) is 4.90 Å². The van der Waals surface area contributed by atoms with E-state index >= 15 is 0 Å². The number of hydrogen-bond donors (Lipinski definition) is 3. The Morgan fingerprint density at radius 3 is 1.92 bits per heavy atom. The zero-order chi connectivity index (χ0) is 26.5. The molecule has 37 heavy (non-hydrogen) atoms. The first-order valence-corrected chi connectivity index (χ1v) is 12.0. The number of nitrogens with zero attached hydrogens (tertiary/aromatic N) is 1. The van der Waals surface area contributed by atoms with Crippen LogP contribution in [0.25, 0.3) is 33.4 Å². The highest BCUT2D eigenvalue weighted by atomic mass is 16.2. The number of carbonyl (C=O) groups excluding carboxylic acids is 2. The molecule has 4 N–H and O–H groups in total. The third kappa shape index (κ3) is 5.76. The maximum Gasteiger partial charge on any atom is 0.226 e. The zero-order valence-corrected chi connectivity index (χ0v) is 21.2. The fourth-order valence-electron chi connectivity index (χ4n) is 4.26. The topological polar surface area (TPSA) is 99.3 Å². The summed E-state index contributed by atoms with van der Waals surface area (Å²) in [5.74, 6) is -0.132. The molecular weight excluding hydrogens is 460 g/mol. The van der Waals surface area contributed by atoms with Crippen molar-refractivity contribution in [3.8, 4) is 33.4 Å². The summed E-state index contributed by atoms with van der Waals surface area (Å²) < 4.78 is 0. The predicted molar refractivity (Wildman–Crippen MR) is 150 cm³/mol. The SMILES string of the molecule is CC(=O)Nc1c(-c2ccccc2)ccc(-c2ccc(C(=N)N)cc2)c1-c1ccc(CC(=O)N(C)C)cc1. The summed E-state index contributed by atoms with van der Waals surface area (Å²) in [6.45, 7) is 1.50. The molecule has 0 bridgehead atoms. The third-order valence-corrected chi connectivity index (χ3v) is 6.19. The number of nitrogens with one attached hydrogen (secondary N) is 2. The summed E-state index contributed by atoms with van der Waals surface area (Å²) in [7, 11) is 3.49. The minimum absolute atomic E-state index is 0.00740. The van der Waals surface area contributed by atoms with E-state index in [0.29, 0.717) is 17.7 Å². The van der Waals surface area contributed by atoms with Crippen molar-refractivity contribution < 1.29 is 9.59 Å². The lowest BCUT2D eigenvalue weighted by Gasteiger charge is -2.21. The molecule has 2 amide bonds. The second-order valence-corrected chi connectivity index (χ2v) is 9.11. The molecule has 0 saturated heterocycles. The van der Waals surface area contributed by atoms with Crippen molar-refractivity contribution in [2.45, 2.75) is 13.3 Å². The Morgan fingerprint density at radius 2 is 1.35 bits per heavy atom. The van der Waals surface area contributed by atoms with Crippen LogP contribution in [0.2, 0.25) is 0 Å². The highest BCUT2D eigenvalue weighted by molar-refractivity contribution is 6.05. The Morgan fingerprint density at radius 1 is 0.784 bits per heavy atom. The van der Waals surface area contributed by atoms with E-state index in [0.717, 1.165) is 38.9 Å². The van der Waals surface area contributed by atoms with E-state index < -0.39 is 0 Å². The van der Waals surface area contributed by atoms with Gasteiger partial charge >= 0.3 is 0 Å². The van der Waals surface area contributed by atoms with Crippen molar-refractivity contribution in [2.75, 3.05) is 19.4 Å². The number of anilines is 1. The quantitative estimate of drug-likeness (QED) is 0.234. The molecule has 0 heterocycles. The van der Waals surface area contributed by atoms with Gasteiger partial charge in [-0.25, -0.2) is 0 Å². The largest absolute Gasteiger partial charge is 0.384 e. The Kier molecular flexibility index (Phi) is 7.49. The summed E-state index contributed by atoms with van der Waals surface area (Å²) in [5, 5.41) is 10.8. The second kappa shape index (κ2) is 10.9. The van der Waals surface area contributed by atoms with E-state index in [4.69, 9.17) is 11.1 Å². The highest BCUT2D eigenvalue weighted by Crippen LogP contribution is 2.43. The highest BCUT2D eigenvalue weighted by Gasteiger charge is 2.19. The first-order valence-electron chi connectivity index (χ1n) is 12.0. The van der Waals surface area contributed by atoms with Crippen molar-refractivity contribution in [3.63, 3.8) is 0 Å². The molecule has 0 aliphatic rings. The van der Waals surface area contributed by atoms with Gasteiger partial charge in [0.15, 0.2) is 0 Å². The van der Waals surface area contributed by atoms with Gasteiger partial charge in [0.1, 0.15) is 5.84 Å². The van der Waals surface area contributed by atoms with Crippen molar-refractivity contribution in [2.24, 2.45) is 5.73 Å². The van der Waals surface area contributed by atoms with Gasteiger partial charge in [0.2, 0.25) is 11.8 Å². The van der Waals surface area contributed by atoms with Crippen LogP contribution in [-0.4, -0.2) is 36.6 Å². The molecule has 0 spiro atoms. The van der Waals surface area contributed by atoms with E-state index in [-0.39, 0.29) is 17.6 Å². The molecule has 6 nitrogen and oxygen atoms in total. The molecule has 4 rings (SSSR count). The van der Waals surface area contributed by atoms with Crippen LogP contribution in [-0.2, 0) is 16.0 Å². The lowest BCUT2D eigenvalue weighted by atomic mass is 9.88. The summed E-state index contributed by atoms with van der Waals surface area (Å²) in [6.07, 6.45) is 0.315. The molecule has 0 aliphatic carbocycles. The number of amides is 2. The standard InChI is InChI=1S/C31H30N4O2/c1-20(36)34-30-27(22-7-5-4-6-8-22)18-17-26(23-13-15-25(16-14-23)31(32)33)29(30)24-11-9-21(10-12-24)19-28(37)35(2)3/h4-18H,19H2,1-3H3,(H3,32,33)(H,34,36). The molecule has 186 valence electrons. The molecule has 4 aromatic carbocycles. The predicted octanol–water partition coefficient (Wildman–Crippen LogP) is 5.56. The van der Waals surface area contributed by atoms with Crippen LogP contribution in [0.5, 0.6) is 0 Å². The lowest BCUT2D eigenvalue weighted by Crippen LogP contribution is -2.23. The van der Waals surface area contributed by atoms with Gasteiger partial charge in [-0.1, -0.05) is 91.0 Å². The van der Waals surface area contributed by atoms with Gasteiger partial charge < -0.3 is 16.0 Å².